The van der Waals surface area contributed by atoms with E-state index in [1.54, 1.807) is 17.4 Å². The second kappa shape index (κ2) is 11.2. The lowest BCUT2D eigenvalue weighted by Crippen LogP contribution is -2.16. The fraction of sp³-hybridized carbons (Fsp3) is 0.281. The van der Waals surface area contributed by atoms with Gasteiger partial charge in [0.25, 0.3) is 5.91 Å². The zero-order chi connectivity index (χ0) is 27.6. The molecule has 1 saturated carbocycles. The first-order valence-corrected chi connectivity index (χ1v) is 14.6. The van der Waals surface area contributed by atoms with Gasteiger partial charge in [-0.3, -0.25) is 4.79 Å². The minimum Gasteiger partial charge on any atom is -0.493 e. The van der Waals surface area contributed by atoms with E-state index in [1.165, 1.54) is 12.0 Å². The maximum absolute atomic E-state index is 13.8. The average Bonchev–Trinajstić information content (AvgIpc) is 3.38. The molecular formula is C32H31N3O4S. The topological polar surface area (TPSA) is 115 Å². The molecule has 0 spiro atoms. The molecule has 4 N–H and O–H groups in total. The minimum atomic E-state index is -1.12. The van der Waals surface area contributed by atoms with Crippen LogP contribution < -0.4 is 15.8 Å². The van der Waals surface area contributed by atoms with Crippen LogP contribution >= 0.6 is 11.3 Å². The average molecular weight is 554 g/mol. The third-order valence-corrected chi connectivity index (χ3v) is 8.86. The molecule has 8 heteroatoms. The van der Waals surface area contributed by atoms with Gasteiger partial charge >= 0.3 is 5.97 Å². The van der Waals surface area contributed by atoms with Crippen LogP contribution in [0.1, 0.15) is 75.7 Å². The standard InChI is InChI=1S/C32H31N3O4S/c33-18-19-6-8-22(9-7-19)34-31(36)25-16-26-28(39-14-12-21-13-15-40-30(21)26)17-24(25)23-10-11-27(35-29(23)32(37)38)20-4-2-1-3-5-20/h6-11,13,15-17,20H,1-5,12,14,18,33H2,(H,34,36)(H,37,38). The number of nitrogens with one attached hydrogen (secondary N) is 1. The Balaban J connectivity index is 1.48. The summed E-state index contributed by atoms with van der Waals surface area (Å²) in [5, 5.41) is 15.3. The van der Waals surface area contributed by atoms with E-state index >= 15 is 0 Å². The van der Waals surface area contributed by atoms with Gasteiger partial charge in [-0.2, -0.15) is 0 Å². The number of nitrogens with two attached hydrogens (primary N) is 1. The van der Waals surface area contributed by atoms with Gasteiger partial charge in [0.2, 0.25) is 0 Å². The number of hydrogen-bond acceptors (Lipinski definition) is 6. The number of fused-ring (bicyclic) bond motifs is 3. The second-order valence-corrected chi connectivity index (χ2v) is 11.3. The highest BCUT2D eigenvalue weighted by Crippen LogP contribution is 2.43. The fourth-order valence-corrected chi connectivity index (χ4v) is 6.71. The molecule has 2 aromatic carbocycles. The van der Waals surface area contributed by atoms with Gasteiger partial charge < -0.3 is 20.9 Å². The van der Waals surface area contributed by atoms with Gasteiger partial charge in [0.15, 0.2) is 5.69 Å². The Bertz CT molecular complexity index is 1570. The van der Waals surface area contributed by atoms with Crippen molar-refractivity contribution in [2.24, 2.45) is 5.73 Å². The highest BCUT2D eigenvalue weighted by atomic mass is 32.1. The first-order valence-electron chi connectivity index (χ1n) is 13.7. The van der Waals surface area contributed by atoms with E-state index in [4.69, 9.17) is 10.5 Å². The van der Waals surface area contributed by atoms with Crippen LogP contribution in [0.25, 0.3) is 21.6 Å². The number of carbonyl (C=O) groups excluding carboxylic acids is 1. The molecule has 40 heavy (non-hydrogen) atoms. The highest BCUT2D eigenvalue weighted by Gasteiger charge is 2.27. The maximum atomic E-state index is 13.8. The van der Waals surface area contributed by atoms with Crippen LogP contribution in [-0.4, -0.2) is 28.6 Å². The first-order chi connectivity index (χ1) is 19.5. The van der Waals surface area contributed by atoms with Crippen molar-refractivity contribution in [3.8, 4) is 27.3 Å². The summed E-state index contributed by atoms with van der Waals surface area (Å²) in [6.45, 7) is 0.911. The van der Waals surface area contributed by atoms with Crippen LogP contribution in [0, 0.1) is 0 Å². The third kappa shape index (κ3) is 5.12. The Morgan fingerprint density at radius 3 is 2.55 bits per heavy atom. The SMILES string of the molecule is NCc1ccc(NC(=O)c2cc3c(cc2-c2ccc(C4CCCCC4)nc2C(=O)O)OCCc2ccsc2-3)cc1. The van der Waals surface area contributed by atoms with E-state index in [2.05, 4.69) is 16.4 Å². The number of anilines is 1. The number of thiophene rings is 1. The number of aromatic nitrogens is 1. The summed E-state index contributed by atoms with van der Waals surface area (Å²) in [5.74, 6) is -0.568. The van der Waals surface area contributed by atoms with E-state index in [-0.39, 0.29) is 17.5 Å². The molecule has 3 heterocycles. The highest BCUT2D eigenvalue weighted by molar-refractivity contribution is 7.13. The monoisotopic (exact) mass is 553 g/mol. The lowest BCUT2D eigenvalue weighted by atomic mass is 9.86. The number of aromatic carboxylic acids is 1. The number of ether oxygens (including phenoxy) is 1. The molecule has 2 aliphatic rings. The molecule has 204 valence electrons. The number of pyridine rings is 1. The van der Waals surface area contributed by atoms with Gasteiger partial charge in [-0.1, -0.05) is 37.5 Å². The van der Waals surface area contributed by atoms with Gasteiger partial charge in [0, 0.05) is 57.4 Å². The van der Waals surface area contributed by atoms with Crippen LogP contribution in [0.3, 0.4) is 0 Å². The van der Waals surface area contributed by atoms with E-state index in [0.29, 0.717) is 41.3 Å². The predicted octanol–water partition coefficient (Wildman–Crippen LogP) is 6.87. The van der Waals surface area contributed by atoms with Crippen molar-refractivity contribution in [1.29, 1.82) is 0 Å². The zero-order valence-electron chi connectivity index (χ0n) is 22.1. The number of carboxylic acid groups (broad SMARTS) is 1. The minimum absolute atomic E-state index is 0.0465. The van der Waals surface area contributed by atoms with Crippen LogP contribution in [0.4, 0.5) is 5.69 Å². The van der Waals surface area contributed by atoms with E-state index < -0.39 is 5.97 Å². The van der Waals surface area contributed by atoms with Crippen molar-refractivity contribution < 1.29 is 19.4 Å². The summed E-state index contributed by atoms with van der Waals surface area (Å²) in [6, 6.07) is 16.8. The lowest BCUT2D eigenvalue weighted by Gasteiger charge is -2.22. The fourth-order valence-electron chi connectivity index (χ4n) is 5.73. The van der Waals surface area contributed by atoms with Crippen molar-refractivity contribution >= 4 is 28.9 Å². The predicted molar refractivity (Wildman–Crippen MR) is 157 cm³/mol. The van der Waals surface area contributed by atoms with Crippen molar-refractivity contribution in [1.82, 2.24) is 4.98 Å². The van der Waals surface area contributed by atoms with Crippen LogP contribution in [0.2, 0.25) is 0 Å². The molecule has 1 fully saturated rings. The molecule has 0 bridgehead atoms. The number of carboxylic acids is 1. The number of hydrogen-bond donors (Lipinski definition) is 3. The Morgan fingerprint density at radius 2 is 1.80 bits per heavy atom. The van der Waals surface area contributed by atoms with Crippen LogP contribution in [0.15, 0.2) is 60.0 Å². The molecule has 4 aromatic rings. The summed E-state index contributed by atoms with van der Waals surface area (Å²) in [4.78, 5) is 32.1. The molecule has 1 aliphatic heterocycles. The third-order valence-electron chi connectivity index (χ3n) is 7.87. The van der Waals surface area contributed by atoms with Crippen molar-refractivity contribution in [2.45, 2.75) is 51.0 Å². The van der Waals surface area contributed by atoms with Crippen LogP contribution in [-0.2, 0) is 13.0 Å². The molecule has 0 saturated heterocycles. The van der Waals surface area contributed by atoms with Gasteiger partial charge in [-0.25, -0.2) is 9.78 Å². The maximum Gasteiger partial charge on any atom is 0.355 e. The summed E-state index contributed by atoms with van der Waals surface area (Å²) in [5.41, 5.74) is 11.3. The molecule has 6 rings (SSSR count). The summed E-state index contributed by atoms with van der Waals surface area (Å²) >= 11 is 1.61. The number of benzene rings is 2. The number of nitrogens with zero attached hydrogens (tertiary/aromatic N) is 1. The molecule has 0 atom stereocenters. The molecule has 0 unspecified atom stereocenters. The van der Waals surface area contributed by atoms with Gasteiger partial charge in [0.05, 0.1) is 6.61 Å². The second-order valence-electron chi connectivity index (χ2n) is 10.4. The van der Waals surface area contributed by atoms with E-state index in [9.17, 15) is 14.7 Å². The number of amides is 1. The Kier molecular flexibility index (Phi) is 7.36. The lowest BCUT2D eigenvalue weighted by molar-refractivity contribution is 0.0690. The Hall–Kier alpha value is -4.01. The smallest absolute Gasteiger partial charge is 0.355 e. The van der Waals surface area contributed by atoms with Gasteiger partial charge in [-0.05, 0) is 65.7 Å². The van der Waals surface area contributed by atoms with Gasteiger partial charge in [-0.15, -0.1) is 11.3 Å². The zero-order valence-corrected chi connectivity index (χ0v) is 22.9. The van der Waals surface area contributed by atoms with Crippen molar-refractivity contribution in [3.05, 3.63) is 88.1 Å². The summed E-state index contributed by atoms with van der Waals surface area (Å²) < 4.78 is 6.14. The molecular weight excluding hydrogens is 522 g/mol. The normalized spacial score (nSPS) is 14.9. The van der Waals surface area contributed by atoms with Crippen LogP contribution in [0.5, 0.6) is 5.75 Å². The number of rotatable bonds is 6. The Morgan fingerprint density at radius 1 is 1.00 bits per heavy atom. The quantitative estimate of drug-likeness (QED) is 0.240. The molecule has 7 nitrogen and oxygen atoms in total. The number of carbonyl (C=O) groups is 2. The summed E-state index contributed by atoms with van der Waals surface area (Å²) in [6.07, 6.45) is 6.24. The first kappa shape index (κ1) is 26.2. The van der Waals surface area contributed by atoms with E-state index in [1.807, 2.05) is 47.8 Å². The molecule has 2 aromatic heterocycles. The van der Waals surface area contributed by atoms with Crippen molar-refractivity contribution in [2.75, 3.05) is 11.9 Å². The molecule has 1 amide bonds. The van der Waals surface area contributed by atoms with E-state index in [0.717, 1.165) is 53.8 Å². The molecule has 0 radical (unpaired) electrons. The molecule has 1 aliphatic carbocycles. The largest absolute Gasteiger partial charge is 0.493 e. The van der Waals surface area contributed by atoms with Gasteiger partial charge in [0.1, 0.15) is 5.75 Å². The summed E-state index contributed by atoms with van der Waals surface area (Å²) in [7, 11) is 0. The van der Waals surface area contributed by atoms with Crippen molar-refractivity contribution in [3.63, 3.8) is 0 Å². The Labute approximate surface area is 237 Å².